The number of amides is 1. The Balaban J connectivity index is 1.65. The summed E-state index contributed by atoms with van der Waals surface area (Å²) < 4.78 is 13.2. The SMILES string of the molecule is CCC1SC(=O)NN=C1c1ccc2c(c1)CCCN2C(=N)c1ccc(F)cc1. The predicted octanol–water partition coefficient (Wildman–Crippen LogP) is 4.54. The smallest absolute Gasteiger partial charge is 0.299 e. The molecule has 2 aliphatic rings. The van der Waals surface area contributed by atoms with Gasteiger partial charge in [0, 0.05) is 17.8 Å². The molecule has 0 aromatic heterocycles. The van der Waals surface area contributed by atoms with Crippen molar-refractivity contribution in [2.24, 2.45) is 5.10 Å². The lowest BCUT2D eigenvalue weighted by atomic mass is 9.95. The number of hydrogen-bond donors (Lipinski definition) is 2. The summed E-state index contributed by atoms with van der Waals surface area (Å²) in [5.41, 5.74) is 7.32. The number of nitrogens with one attached hydrogen (secondary N) is 2. The van der Waals surface area contributed by atoms with Gasteiger partial charge in [-0.05, 0) is 66.8 Å². The Kier molecular flexibility index (Phi) is 5.17. The van der Waals surface area contributed by atoms with Gasteiger partial charge in [0.25, 0.3) is 5.24 Å². The lowest BCUT2D eigenvalue weighted by Crippen LogP contribution is -2.36. The first-order chi connectivity index (χ1) is 13.6. The molecule has 2 aliphatic heterocycles. The number of hydrogen-bond acceptors (Lipinski definition) is 4. The van der Waals surface area contributed by atoms with Crippen molar-refractivity contribution in [1.29, 1.82) is 5.41 Å². The van der Waals surface area contributed by atoms with Crippen molar-refractivity contribution in [1.82, 2.24) is 5.43 Å². The van der Waals surface area contributed by atoms with Crippen molar-refractivity contribution in [2.75, 3.05) is 11.4 Å². The molecule has 1 atom stereocenters. The number of carbonyl (C=O) groups is 1. The van der Waals surface area contributed by atoms with Crippen molar-refractivity contribution in [3.05, 3.63) is 65.0 Å². The maximum Gasteiger partial charge on any atom is 0.299 e. The number of carbonyl (C=O) groups excluding carboxylic acids is 1. The number of halogens is 1. The van der Waals surface area contributed by atoms with Crippen LogP contribution in [0.5, 0.6) is 0 Å². The number of amidine groups is 1. The molecule has 0 fully saturated rings. The monoisotopic (exact) mass is 396 g/mol. The average Bonchev–Trinajstić information content (AvgIpc) is 2.72. The highest BCUT2D eigenvalue weighted by Gasteiger charge is 2.27. The van der Waals surface area contributed by atoms with Gasteiger partial charge in [-0.25, -0.2) is 9.82 Å². The molecule has 1 unspecified atom stereocenters. The van der Waals surface area contributed by atoms with Crippen LogP contribution in [0.1, 0.15) is 36.5 Å². The molecule has 0 aliphatic carbocycles. The van der Waals surface area contributed by atoms with Gasteiger partial charge in [0.15, 0.2) is 0 Å². The van der Waals surface area contributed by atoms with E-state index in [1.807, 2.05) is 17.0 Å². The molecular formula is C21H21FN4OS. The number of hydrazone groups is 1. The van der Waals surface area contributed by atoms with Crippen LogP contribution in [0, 0.1) is 11.2 Å². The molecule has 0 bridgehead atoms. The molecule has 0 saturated heterocycles. The predicted molar refractivity (Wildman–Crippen MR) is 112 cm³/mol. The lowest BCUT2D eigenvalue weighted by Gasteiger charge is -2.32. The first-order valence-corrected chi connectivity index (χ1v) is 10.2. The van der Waals surface area contributed by atoms with Gasteiger partial charge >= 0.3 is 0 Å². The van der Waals surface area contributed by atoms with E-state index < -0.39 is 0 Å². The summed E-state index contributed by atoms with van der Waals surface area (Å²) in [5.74, 6) is 0.0712. The van der Waals surface area contributed by atoms with Gasteiger partial charge in [0.2, 0.25) is 0 Å². The van der Waals surface area contributed by atoms with Gasteiger partial charge < -0.3 is 4.90 Å². The van der Waals surface area contributed by atoms with Crippen molar-refractivity contribution in [3.63, 3.8) is 0 Å². The number of thioether (sulfide) groups is 1. The van der Waals surface area contributed by atoms with E-state index >= 15 is 0 Å². The summed E-state index contributed by atoms with van der Waals surface area (Å²) in [7, 11) is 0. The number of anilines is 1. The van der Waals surface area contributed by atoms with Crippen LogP contribution in [0.15, 0.2) is 47.6 Å². The van der Waals surface area contributed by atoms with Crippen molar-refractivity contribution in [3.8, 4) is 0 Å². The Hall–Kier alpha value is -2.67. The molecule has 0 radical (unpaired) electrons. The lowest BCUT2D eigenvalue weighted by molar-refractivity contribution is 0.260. The Labute approximate surface area is 167 Å². The minimum Gasteiger partial charge on any atom is -0.326 e. The first kappa shape index (κ1) is 18.7. The quantitative estimate of drug-likeness (QED) is 0.591. The molecule has 144 valence electrons. The number of rotatable bonds is 3. The second-order valence-electron chi connectivity index (χ2n) is 6.87. The van der Waals surface area contributed by atoms with Crippen molar-refractivity contribution >= 4 is 34.2 Å². The van der Waals surface area contributed by atoms with Gasteiger partial charge in [0.05, 0.1) is 11.0 Å². The van der Waals surface area contributed by atoms with Gasteiger partial charge in [-0.2, -0.15) is 5.10 Å². The zero-order valence-electron chi connectivity index (χ0n) is 15.5. The molecule has 2 N–H and O–H groups in total. The van der Waals surface area contributed by atoms with Gasteiger partial charge in [-0.15, -0.1) is 0 Å². The van der Waals surface area contributed by atoms with E-state index in [-0.39, 0.29) is 16.3 Å². The number of fused-ring (bicyclic) bond motifs is 1. The molecule has 28 heavy (non-hydrogen) atoms. The fraction of sp³-hybridized carbons (Fsp3) is 0.286. The molecule has 2 heterocycles. The van der Waals surface area contributed by atoms with Gasteiger partial charge in [-0.3, -0.25) is 10.2 Å². The number of nitrogens with zero attached hydrogens (tertiary/aromatic N) is 2. The Morgan fingerprint density at radius 1 is 1.32 bits per heavy atom. The van der Waals surface area contributed by atoms with E-state index in [4.69, 9.17) is 5.41 Å². The molecule has 0 spiro atoms. The highest BCUT2D eigenvalue weighted by Crippen LogP contribution is 2.32. The summed E-state index contributed by atoms with van der Waals surface area (Å²) in [6.07, 6.45) is 2.70. The third-order valence-corrected chi connectivity index (χ3v) is 6.22. The van der Waals surface area contributed by atoms with Crippen LogP contribution in [0.4, 0.5) is 14.9 Å². The normalized spacial score (nSPS) is 18.9. The van der Waals surface area contributed by atoms with Crippen LogP contribution in [0.25, 0.3) is 0 Å². The Bertz CT molecular complexity index is 957. The maximum absolute atomic E-state index is 13.2. The second kappa shape index (κ2) is 7.75. The molecule has 2 aromatic rings. The Morgan fingerprint density at radius 3 is 2.86 bits per heavy atom. The minimum absolute atomic E-state index is 0.0454. The molecule has 1 amide bonds. The highest BCUT2D eigenvalue weighted by molar-refractivity contribution is 8.14. The third kappa shape index (κ3) is 3.54. The maximum atomic E-state index is 13.2. The van der Waals surface area contributed by atoms with E-state index in [9.17, 15) is 9.18 Å². The molecular weight excluding hydrogens is 375 g/mol. The summed E-state index contributed by atoms with van der Waals surface area (Å²) in [4.78, 5) is 13.6. The topological polar surface area (TPSA) is 68.6 Å². The standard InChI is InChI=1S/C21H21FN4OS/c1-2-18-19(24-25-21(27)28-18)15-7-10-17-14(12-15)4-3-11-26(17)20(23)13-5-8-16(22)9-6-13/h5-10,12,18,23H,2-4,11H2,1H3,(H,25,27). The van der Waals surface area contributed by atoms with Crippen LogP contribution < -0.4 is 10.3 Å². The fourth-order valence-corrected chi connectivity index (χ4v) is 4.49. The number of benzene rings is 2. The van der Waals surface area contributed by atoms with Gasteiger partial charge in [-0.1, -0.05) is 24.8 Å². The van der Waals surface area contributed by atoms with E-state index in [1.54, 1.807) is 12.1 Å². The largest absolute Gasteiger partial charge is 0.326 e. The fourth-order valence-electron chi connectivity index (χ4n) is 3.67. The third-order valence-electron chi connectivity index (χ3n) is 5.07. The first-order valence-electron chi connectivity index (χ1n) is 9.36. The molecule has 2 aromatic carbocycles. The summed E-state index contributed by atoms with van der Waals surface area (Å²) in [5, 5.41) is 12.8. The number of aryl methyl sites for hydroxylation is 1. The Morgan fingerprint density at radius 2 is 2.11 bits per heavy atom. The van der Waals surface area contributed by atoms with Gasteiger partial charge in [0.1, 0.15) is 11.7 Å². The highest BCUT2D eigenvalue weighted by atomic mass is 32.2. The molecule has 4 rings (SSSR count). The van der Waals surface area contributed by atoms with E-state index in [0.717, 1.165) is 48.3 Å². The summed E-state index contributed by atoms with van der Waals surface area (Å²) in [6, 6.07) is 12.2. The van der Waals surface area contributed by atoms with E-state index in [0.29, 0.717) is 11.4 Å². The second-order valence-corrected chi connectivity index (χ2v) is 8.04. The van der Waals surface area contributed by atoms with Crippen LogP contribution in [-0.4, -0.2) is 28.6 Å². The molecule has 7 heteroatoms. The zero-order valence-corrected chi connectivity index (χ0v) is 16.4. The summed E-state index contributed by atoms with van der Waals surface area (Å²) >= 11 is 1.27. The van der Waals surface area contributed by atoms with Crippen LogP contribution in [-0.2, 0) is 6.42 Å². The molecule has 0 saturated carbocycles. The zero-order chi connectivity index (χ0) is 19.7. The summed E-state index contributed by atoms with van der Waals surface area (Å²) in [6.45, 7) is 2.81. The van der Waals surface area contributed by atoms with E-state index in [1.165, 1.54) is 23.9 Å². The van der Waals surface area contributed by atoms with Crippen LogP contribution >= 0.6 is 11.8 Å². The van der Waals surface area contributed by atoms with Crippen LogP contribution in [0.2, 0.25) is 0 Å². The van der Waals surface area contributed by atoms with E-state index in [2.05, 4.69) is 23.5 Å². The van der Waals surface area contributed by atoms with Crippen molar-refractivity contribution < 1.29 is 9.18 Å². The minimum atomic E-state index is -0.302. The van der Waals surface area contributed by atoms with Crippen LogP contribution in [0.3, 0.4) is 0 Å². The molecule has 5 nitrogen and oxygen atoms in total. The van der Waals surface area contributed by atoms with Crippen molar-refractivity contribution in [2.45, 2.75) is 31.4 Å². The average molecular weight is 396 g/mol.